The van der Waals surface area contributed by atoms with Crippen molar-refractivity contribution in [3.63, 3.8) is 0 Å². The lowest BCUT2D eigenvalue weighted by Crippen LogP contribution is -2.38. The third kappa shape index (κ3) is 4.27. The highest BCUT2D eigenvalue weighted by Crippen LogP contribution is 2.20. The molecule has 0 aliphatic rings. The number of hydrogen-bond donors (Lipinski definition) is 2. The Morgan fingerprint density at radius 2 is 2.22 bits per heavy atom. The minimum absolute atomic E-state index is 0.155. The summed E-state index contributed by atoms with van der Waals surface area (Å²) in [5, 5.41) is 11.6. The van der Waals surface area contributed by atoms with Crippen LogP contribution in [0.25, 0.3) is 0 Å². The summed E-state index contributed by atoms with van der Waals surface area (Å²) in [7, 11) is 0. The van der Waals surface area contributed by atoms with Crippen molar-refractivity contribution >= 4 is 21.8 Å². The van der Waals surface area contributed by atoms with Gasteiger partial charge in [-0.3, -0.25) is 4.90 Å². The maximum Gasteiger partial charge on any atom is 0.153 e. The second-order valence-electron chi connectivity index (χ2n) is 4.33. The summed E-state index contributed by atoms with van der Waals surface area (Å²) >= 11 is 3.33. The molecule has 1 rings (SSSR count). The highest BCUT2D eigenvalue weighted by Gasteiger charge is 2.14. The molecule has 0 saturated carbocycles. The van der Waals surface area contributed by atoms with Crippen molar-refractivity contribution in [2.75, 3.05) is 6.54 Å². The Balaban J connectivity index is 2.83. The van der Waals surface area contributed by atoms with E-state index in [1.165, 1.54) is 12.1 Å². The minimum Gasteiger partial charge on any atom is -0.409 e. The van der Waals surface area contributed by atoms with E-state index in [1.54, 1.807) is 6.07 Å². The number of rotatable bonds is 5. The number of oxime groups is 1. The summed E-state index contributed by atoms with van der Waals surface area (Å²) in [5.41, 5.74) is 6.47. The SMILES string of the molecule is CC(C)N(CC(N)=NO)Cc1ccc(F)cc1Br. The number of amidine groups is 1. The average molecular weight is 318 g/mol. The Hall–Kier alpha value is -1.14. The van der Waals surface area contributed by atoms with Crippen molar-refractivity contribution in [2.45, 2.75) is 26.4 Å². The van der Waals surface area contributed by atoms with Gasteiger partial charge in [0, 0.05) is 17.1 Å². The Kier molecular flexibility index (Phi) is 5.55. The van der Waals surface area contributed by atoms with Crippen molar-refractivity contribution in [2.24, 2.45) is 10.9 Å². The van der Waals surface area contributed by atoms with Gasteiger partial charge in [-0.1, -0.05) is 27.2 Å². The van der Waals surface area contributed by atoms with Gasteiger partial charge in [-0.15, -0.1) is 0 Å². The number of nitrogens with zero attached hydrogens (tertiary/aromatic N) is 2. The van der Waals surface area contributed by atoms with E-state index in [0.29, 0.717) is 17.6 Å². The standard InChI is InChI=1S/C12H17BrFN3O/c1-8(2)17(7-12(15)16-18)6-9-3-4-10(14)5-11(9)13/h3-5,8,18H,6-7H2,1-2H3,(H2,15,16). The summed E-state index contributed by atoms with van der Waals surface area (Å²) in [6.07, 6.45) is 0. The molecule has 100 valence electrons. The maximum atomic E-state index is 13.0. The molecule has 18 heavy (non-hydrogen) atoms. The molecular weight excluding hydrogens is 301 g/mol. The van der Waals surface area contributed by atoms with Gasteiger partial charge in [-0.05, 0) is 31.5 Å². The van der Waals surface area contributed by atoms with Crippen molar-refractivity contribution < 1.29 is 9.60 Å². The van der Waals surface area contributed by atoms with Crippen LogP contribution in [0.1, 0.15) is 19.4 Å². The second kappa shape index (κ2) is 6.70. The van der Waals surface area contributed by atoms with Gasteiger partial charge in [0.2, 0.25) is 0 Å². The number of nitrogens with two attached hydrogens (primary N) is 1. The van der Waals surface area contributed by atoms with Crippen LogP contribution in [0.15, 0.2) is 27.8 Å². The van der Waals surface area contributed by atoms with Crippen LogP contribution >= 0.6 is 15.9 Å². The summed E-state index contributed by atoms with van der Waals surface area (Å²) in [6, 6.07) is 4.79. The van der Waals surface area contributed by atoms with Gasteiger partial charge in [-0.25, -0.2) is 4.39 Å². The fraction of sp³-hybridized carbons (Fsp3) is 0.417. The third-order valence-corrected chi connectivity index (χ3v) is 3.35. The first-order chi connectivity index (χ1) is 8.43. The molecule has 0 saturated heterocycles. The van der Waals surface area contributed by atoms with Crippen molar-refractivity contribution in [1.82, 2.24) is 4.90 Å². The Bertz CT molecular complexity index is 437. The molecule has 0 unspecified atom stereocenters. The molecule has 0 bridgehead atoms. The lowest BCUT2D eigenvalue weighted by molar-refractivity contribution is 0.238. The number of halogens is 2. The van der Waals surface area contributed by atoms with Gasteiger partial charge in [0.15, 0.2) is 5.84 Å². The molecule has 0 atom stereocenters. The molecule has 3 N–H and O–H groups in total. The van der Waals surface area contributed by atoms with Gasteiger partial charge < -0.3 is 10.9 Å². The number of hydrogen-bond acceptors (Lipinski definition) is 3. The van der Waals surface area contributed by atoms with Crippen LogP contribution in [0.3, 0.4) is 0 Å². The first kappa shape index (κ1) is 14.9. The largest absolute Gasteiger partial charge is 0.409 e. The smallest absolute Gasteiger partial charge is 0.153 e. The molecule has 0 aliphatic carbocycles. The molecular formula is C12H17BrFN3O. The van der Waals surface area contributed by atoms with Crippen LogP contribution in [-0.4, -0.2) is 28.5 Å². The molecule has 4 nitrogen and oxygen atoms in total. The topological polar surface area (TPSA) is 61.8 Å². The second-order valence-corrected chi connectivity index (χ2v) is 5.18. The number of benzene rings is 1. The van der Waals surface area contributed by atoms with E-state index in [2.05, 4.69) is 21.1 Å². The molecule has 0 spiro atoms. The summed E-state index contributed by atoms with van der Waals surface area (Å²) in [6.45, 7) is 4.98. The van der Waals surface area contributed by atoms with Gasteiger partial charge in [-0.2, -0.15) is 0 Å². The molecule has 0 fully saturated rings. The van der Waals surface area contributed by atoms with Gasteiger partial charge in [0.25, 0.3) is 0 Å². The molecule has 1 aromatic rings. The van der Waals surface area contributed by atoms with Gasteiger partial charge in [0.1, 0.15) is 5.82 Å². The highest BCUT2D eigenvalue weighted by molar-refractivity contribution is 9.10. The Morgan fingerprint density at radius 3 is 2.72 bits per heavy atom. The van der Waals surface area contributed by atoms with E-state index in [0.717, 1.165) is 5.56 Å². The Morgan fingerprint density at radius 1 is 1.56 bits per heavy atom. The predicted octanol–water partition coefficient (Wildman–Crippen LogP) is 2.55. The first-order valence-corrected chi connectivity index (χ1v) is 6.37. The van der Waals surface area contributed by atoms with Crippen LogP contribution < -0.4 is 5.73 Å². The third-order valence-electron chi connectivity index (χ3n) is 2.61. The van der Waals surface area contributed by atoms with E-state index in [9.17, 15) is 4.39 Å². The summed E-state index contributed by atoms with van der Waals surface area (Å²) in [4.78, 5) is 2.02. The molecule has 0 heterocycles. The quantitative estimate of drug-likeness (QED) is 0.380. The predicted molar refractivity (Wildman–Crippen MR) is 73.1 cm³/mol. The van der Waals surface area contributed by atoms with Crippen molar-refractivity contribution in [3.8, 4) is 0 Å². The lowest BCUT2D eigenvalue weighted by Gasteiger charge is -2.26. The van der Waals surface area contributed by atoms with Crippen LogP contribution in [-0.2, 0) is 6.54 Å². The van der Waals surface area contributed by atoms with Crippen LogP contribution in [0.2, 0.25) is 0 Å². The normalized spacial score (nSPS) is 12.4. The van der Waals surface area contributed by atoms with Gasteiger partial charge >= 0.3 is 0 Å². The van der Waals surface area contributed by atoms with E-state index in [4.69, 9.17) is 10.9 Å². The first-order valence-electron chi connectivity index (χ1n) is 5.58. The Labute approximate surface area is 114 Å². The zero-order valence-corrected chi connectivity index (χ0v) is 12.0. The highest BCUT2D eigenvalue weighted by atomic mass is 79.9. The monoisotopic (exact) mass is 317 g/mol. The van der Waals surface area contributed by atoms with E-state index in [1.807, 2.05) is 18.7 Å². The summed E-state index contributed by atoms with van der Waals surface area (Å²) < 4.78 is 13.7. The maximum absolute atomic E-state index is 13.0. The lowest BCUT2D eigenvalue weighted by atomic mass is 10.2. The molecule has 0 radical (unpaired) electrons. The molecule has 0 amide bonds. The zero-order chi connectivity index (χ0) is 13.7. The fourth-order valence-corrected chi connectivity index (χ4v) is 2.01. The van der Waals surface area contributed by atoms with Gasteiger partial charge in [0.05, 0.1) is 6.54 Å². The molecule has 0 aliphatic heterocycles. The molecule has 1 aromatic carbocycles. The van der Waals surface area contributed by atoms with Crippen molar-refractivity contribution in [3.05, 3.63) is 34.1 Å². The molecule has 6 heteroatoms. The van der Waals surface area contributed by atoms with Crippen LogP contribution in [0.5, 0.6) is 0 Å². The van der Waals surface area contributed by atoms with E-state index in [-0.39, 0.29) is 17.7 Å². The summed E-state index contributed by atoms with van der Waals surface area (Å²) in [5.74, 6) is -0.125. The zero-order valence-electron chi connectivity index (χ0n) is 10.4. The van der Waals surface area contributed by atoms with Crippen LogP contribution in [0, 0.1) is 5.82 Å². The fourth-order valence-electron chi connectivity index (χ4n) is 1.53. The minimum atomic E-state index is -0.279. The van der Waals surface area contributed by atoms with Crippen LogP contribution in [0.4, 0.5) is 4.39 Å². The van der Waals surface area contributed by atoms with Crippen molar-refractivity contribution in [1.29, 1.82) is 0 Å². The van der Waals surface area contributed by atoms with E-state index < -0.39 is 0 Å². The average Bonchev–Trinajstić information content (AvgIpc) is 2.30. The van der Waals surface area contributed by atoms with E-state index >= 15 is 0 Å². The molecule has 0 aromatic heterocycles.